The normalized spacial score (nSPS) is 10.7. The number of hydrogen-bond donors (Lipinski definition) is 0. The number of rotatable bonds is 5. The van der Waals surface area contributed by atoms with Crippen molar-refractivity contribution in [2.24, 2.45) is 0 Å². The highest BCUT2D eigenvalue weighted by molar-refractivity contribution is 9.09. The van der Waals surface area contributed by atoms with Crippen LogP contribution >= 0.6 is 15.9 Å². The van der Waals surface area contributed by atoms with Gasteiger partial charge in [0.05, 0.1) is 12.1 Å². The average Bonchev–Trinajstić information content (AvgIpc) is 2.22. The molecule has 0 atom stereocenters. The molecule has 0 aromatic heterocycles. The minimum atomic E-state index is -0.294. The van der Waals surface area contributed by atoms with E-state index in [0.29, 0.717) is 18.9 Å². The van der Waals surface area contributed by atoms with Gasteiger partial charge in [0, 0.05) is 6.54 Å². The summed E-state index contributed by atoms with van der Waals surface area (Å²) < 4.78 is 18.6. The SMILES string of the molecule is CCOc1ccc(CN(C)CBr)cc1F. The van der Waals surface area contributed by atoms with E-state index in [1.165, 1.54) is 6.07 Å². The van der Waals surface area contributed by atoms with E-state index in [0.717, 1.165) is 11.0 Å². The monoisotopic (exact) mass is 275 g/mol. The van der Waals surface area contributed by atoms with Crippen LogP contribution in [0.15, 0.2) is 18.2 Å². The summed E-state index contributed by atoms with van der Waals surface area (Å²) in [6, 6.07) is 5.08. The highest BCUT2D eigenvalue weighted by Gasteiger charge is 2.05. The third kappa shape index (κ3) is 3.80. The number of halogens is 2. The summed E-state index contributed by atoms with van der Waals surface area (Å²) >= 11 is 3.34. The zero-order chi connectivity index (χ0) is 11.3. The molecule has 1 aromatic carbocycles. The van der Waals surface area contributed by atoms with E-state index < -0.39 is 0 Å². The molecule has 1 aromatic rings. The summed E-state index contributed by atoms with van der Waals surface area (Å²) in [5.41, 5.74) is 1.71. The highest BCUT2D eigenvalue weighted by atomic mass is 79.9. The van der Waals surface area contributed by atoms with Crippen LogP contribution in [-0.4, -0.2) is 24.0 Å². The van der Waals surface area contributed by atoms with E-state index in [2.05, 4.69) is 15.9 Å². The van der Waals surface area contributed by atoms with Gasteiger partial charge in [0.15, 0.2) is 11.6 Å². The van der Waals surface area contributed by atoms with Gasteiger partial charge in [-0.3, -0.25) is 4.90 Å². The molecule has 0 unspecified atom stereocenters. The molecule has 1 rings (SSSR count). The van der Waals surface area contributed by atoms with Gasteiger partial charge in [0.1, 0.15) is 0 Å². The van der Waals surface area contributed by atoms with E-state index in [1.54, 1.807) is 6.07 Å². The van der Waals surface area contributed by atoms with Gasteiger partial charge in [-0.15, -0.1) is 0 Å². The first-order valence-corrected chi connectivity index (χ1v) is 5.95. The van der Waals surface area contributed by atoms with Crippen molar-refractivity contribution in [3.05, 3.63) is 29.6 Å². The summed E-state index contributed by atoms with van der Waals surface area (Å²) in [6.07, 6.45) is 0. The van der Waals surface area contributed by atoms with Crippen molar-refractivity contribution in [3.63, 3.8) is 0 Å². The predicted octanol–water partition coefficient (Wildman–Crippen LogP) is 3.01. The van der Waals surface area contributed by atoms with Crippen molar-refractivity contribution < 1.29 is 9.13 Å². The quantitative estimate of drug-likeness (QED) is 0.605. The average molecular weight is 276 g/mol. The molecule has 0 saturated carbocycles. The zero-order valence-electron chi connectivity index (χ0n) is 8.96. The van der Waals surface area contributed by atoms with E-state index in [4.69, 9.17) is 4.74 Å². The van der Waals surface area contributed by atoms with E-state index in [9.17, 15) is 4.39 Å². The molecular weight excluding hydrogens is 261 g/mol. The second-order valence-electron chi connectivity index (χ2n) is 3.33. The number of ether oxygens (including phenoxy) is 1. The number of hydrogen-bond acceptors (Lipinski definition) is 2. The molecule has 0 spiro atoms. The smallest absolute Gasteiger partial charge is 0.165 e. The minimum Gasteiger partial charge on any atom is -0.491 e. The van der Waals surface area contributed by atoms with E-state index in [-0.39, 0.29) is 5.82 Å². The summed E-state index contributed by atoms with van der Waals surface area (Å²) in [5.74, 6) is 0.0278. The first-order valence-electron chi connectivity index (χ1n) is 4.83. The molecule has 0 fully saturated rings. The highest BCUT2D eigenvalue weighted by Crippen LogP contribution is 2.19. The lowest BCUT2D eigenvalue weighted by Crippen LogP contribution is -2.15. The predicted molar refractivity (Wildman–Crippen MR) is 62.8 cm³/mol. The van der Waals surface area contributed by atoms with Crippen LogP contribution in [0.3, 0.4) is 0 Å². The van der Waals surface area contributed by atoms with Crippen LogP contribution < -0.4 is 4.74 Å². The Balaban J connectivity index is 2.73. The Labute approximate surface area is 98.2 Å². The van der Waals surface area contributed by atoms with Gasteiger partial charge in [0.2, 0.25) is 0 Å². The van der Waals surface area contributed by atoms with Crippen molar-refractivity contribution in [1.82, 2.24) is 4.90 Å². The third-order valence-corrected chi connectivity index (χ3v) is 2.81. The van der Waals surface area contributed by atoms with Crippen LogP contribution in [0.25, 0.3) is 0 Å². The van der Waals surface area contributed by atoms with Gasteiger partial charge in [-0.25, -0.2) is 4.39 Å². The van der Waals surface area contributed by atoms with Crippen LogP contribution in [0.2, 0.25) is 0 Å². The summed E-state index contributed by atoms with van der Waals surface area (Å²) in [5, 5.41) is 0. The van der Waals surface area contributed by atoms with Crippen LogP contribution in [-0.2, 0) is 6.54 Å². The molecule has 0 aliphatic rings. The van der Waals surface area contributed by atoms with Crippen LogP contribution in [0, 0.1) is 5.82 Å². The zero-order valence-corrected chi connectivity index (χ0v) is 10.6. The Bertz CT molecular complexity index is 319. The molecule has 0 amide bonds. The molecule has 2 nitrogen and oxygen atoms in total. The van der Waals surface area contributed by atoms with Crippen LogP contribution in [0.4, 0.5) is 4.39 Å². The largest absolute Gasteiger partial charge is 0.491 e. The standard InChI is InChI=1S/C11H15BrFNO/c1-3-15-11-5-4-9(6-10(11)13)7-14(2)8-12/h4-6H,3,7-8H2,1-2H3. The van der Waals surface area contributed by atoms with Gasteiger partial charge in [-0.05, 0) is 31.7 Å². The molecule has 84 valence electrons. The number of benzene rings is 1. The fourth-order valence-electron chi connectivity index (χ4n) is 1.27. The van der Waals surface area contributed by atoms with Gasteiger partial charge in [0.25, 0.3) is 0 Å². The summed E-state index contributed by atoms with van der Waals surface area (Å²) in [7, 11) is 1.96. The van der Waals surface area contributed by atoms with E-state index in [1.807, 2.05) is 24.9 Å². The Kier molecular flexibility index (Phi) is 5.05. The Morgan fingerprint density at radius 2 is 2.20 bits per heavy atom. The topological polar surface area (TPSA) is 12.5 Å². The Morgan fingerprint density at radius 1 is 1.47 bits per heavy atom. The van der Waals surface area contributed by atoms with Crippen LogP contribution in [0.5, 0.6) is 5.75 Å². The lowest BCUT2D eigenvalue weighted by molar-refractivity contribution is 0.320. The van der Waals surface area contributed by atoms with Crippen molar-refractivity contribution in [2.45, 2.75) is 13.5 Å². The molecule has 0 bridgehead atoms. The molecule has 0 aliphatic heterocycles. The minimum absolute atomic E-state index is 0.294. The molecule has 0 aliphatic carbocycles. The lowest BCUT2D eigenvalue weighted by Gasteiger charge is -2.13. The maximum absolute atomic E-state index is 13.4. The molecule has 0 N–H and O–H groups in total. The van der Waals surface area contributed by atoms with Gasteiger partial charge >= 0.3 is 0 Å². The van der Waals surface area contributed by atoms with Gasteiger partial charge in [-0.2, -0.15) is 0 Å². The maximum Gasteiger partial charge on any atom is 0.165 e. The van der Waals surface area contributed by atoms with E-state index >= 15 is 0 Å². The second kappa shape index (κ2) is 6.08. The molecule has 0 heterocycles. The van der Waals surface area contributed by atoms with Crippen molar-refractivity contribution in [1.29, 1.82) is 0 Å². The number of alkyl halides is 1. The maximum atomic E-state index is 13.4. The van der Waals surface area contributed by atoms with Crippen LogP contribution in [0.1, 0.15) is 12.5 Å². The summed E-state index contributed by atoms with van der Waals surface area (Å²) in [4.78, 5) is 2.04. The second-order valence-corrected chi connectivity index (χ2v) is 3.83. The fourth-order valence-corrected chi connectivity index (χ4v) is 1.45. The third-order valence-electron chi connectivity index (χ3n) is 1.95. The van der Waals surface area contributed by atoms with Gasteiger partial charge in [-0.1, -0.05) is 22.0 Å². The van der Waals surface area contributed by atoms with Crippen molar-refractivity contribution in [2.75, 3.05) is 19.1 Å². The van der Waals surface area contributed by atoms with Crippen molar-refractivity contribution >= 4 is 15.9 Å². The lowest BCUT2D eigenvalue weighted by atomic mass is 10.2. The first-order chi connectivity index (χ1) is 7.17. The van der Waals surface area contributed by atoms with Crippen molar-refractivity contribution in [3.8, 4) is 5.75 Å². The molecule has 0 radical (unpaired) electrons. The molecule has 15 heavy (non-hydrogen) atoms. The summed E-state index contributed by atoms with van der Waals surface area (Å²) in [6.45, 7) is 3.04. The first kappa shape index (κ1) is 12.5. The number of nitrogens with zero attached hydrogens (tertiary/aromatic N) is 1. The molecule has 4 heteroatoms. The molecule has 0 saturated heterocycles. The fraction of sp³-hybridized carbons (Fsp3) is 0.455. The molecular formula is C11H15BrFNO. The van der Waals surface area contributed by atoms with Gasteiger partial charge < -0.3 is 4.74 Å². The Morgan fingerprint density at radius 3 is 2.73 bits per heavy atom. The Hall–Kier alpha value is -0.610.